The van der Waals surface area contributed by atoms with Gasteiger partial charge < -0.3 is 14.6 Å². The smallest absolute Gasteiger partial charge is 0.332 e. The fourth-order valence-corrected chi connectivity index (χ4v) is 3.91. The molecule has 2 rings (SSSR count). The van der Waals surface area contributed by atoms with Gasteiger partial charge in [-0.15, -0.1) is 11.3 Å². The minimum absolute atomic E-state index is 0.289. The normalized spacial score (nSPS) is 13.5. The second-order valence-electron chi connectivity index (χ2n) is 7.22. The van der Waals surface area contributed by atoms with Crippen molar-refractivity contribution in [2.45, 2.75) is 59.7 Å². The molecule has 2 aromatic rings. The maximum Gasteiger partial charge on any atom is 0.332 e. The summed E-state index contributed by atoms with van der Waals surface area (Å²) in [6.45, 7) is 10.0. The lowest BCUT2D eigenvalue weighted by Gasteiger charge is -2.23. The van der Waals surface area contributed by atoms with E-state index in [9.17, 15) is 14.7 Å². The standard InChI is InChI=1S/C18H28N4O5S/c1-7-21-14(23)13-11(2)12(10-19-20-16(24)27-18(3,4)5)28-15(13)22(17(21)25)8-9-26-6/h10,16,20,24H,7-9H2,1-6H3/b19-10+. The summed E-state index contributed by atoms with van der Waals surface area (Å²) in [4.78, 5) is 26.8. The number of hydrogen-bond donors (Lipinski definition) is 2. The van der Waals surface area contributed by atoms with Crippen LogP contribution in [0.1, 0.15) is 38.1 Å². The van der Waals surface area contributed by atoms with Crippen molar-refractivity contribution in [1.82, 2.24) is 14.6 Å². The molecule has 2 N–H and O–H groups in total. The van der Waals surface area contributed by atoms with Crippen LogP contribution in [0, 0.1) is 6.92 Å². The van der Waals surface area contributed by atoms with Crippen LogP contribution in [0.25, 0.3) is 10.2 Å². The predicted octanol–water partition coefficient (Wildman–Crippen LogP) is 1.21. The molecule has 10 heteroatoms. The van der Waals surface area contributed by atoms with E-state index in [1.165, 1.54) is 22.1 Å². The molecule has 0 saturated heterocycles. The van der Waals surface area contributed by atoms with E-state index in [-0.39, 0.29) is 17.8 Å². The van der Waals surface area contributed by atoms with Gasteiger partial charge in [0.1, 0.15) is 4.83 Å². The average molecular weight is 413 g/mol. The molecule has 0 aliphatic rings. The number of aliphatic hydroxyl groups is 1. The summed E-state index contributed by atoms with van der Waals surface area (Å²) >= 11 is 1.30. The molecule has 0 amide bonds. The molecule has 156 valence electrons. The zero-order valence-electron chi connectivity index (χ0n) is 17.1. The number of nitrogens with zero attached hydrogens (tertiary/aromatic N) is 3. The first-order chi connectivity index (χ1) is 13.1. The Hall–Kier alpha value is -2.01. The highest BCUT2D eigenvalue weighted by Crippen LogP contribution is 2.26. The Morgan fingerprint density at radius 1 is 1.32 bits per heavy atom. The molecule has 0 aromatic carbocycles. The third-order valence-corrected chi connectivity index (χ3v) is 5.25. The van der Waals surface area contributed by atoms with Crippen LogP contribution in [0.3, 0.4) is 0 Å². The number of aliphatic hydroxyl groups excluding tert-OH is 1. The Morgan fingerprint density at radius 2 is 2.00 bits per heavy atom. The summed E-state index contributed by atoms with van der Waals surface area (Å²) < 4.78 is 13.2. The van der Waals surface area contributed by atoms with Crippen LogP contribution in [-0.2, 0) is 22.6 Å². The molecule has 0 spiro atoms. The van der Waals surface area contributed by atoms with Crippen molar-refractivity contribution in [3.63, 3.8) is 0 Å². The fourth-order valence-electron chi connectivity index (χ4n) is 2.71. The predicted molar refractivity (Wildman–Crippen MR) is 110 cm³/mol. The number of nitrogens with one attached hydrogen (secondary N) is 1. The van der Waals surface area contributed by atoms with E-state index in [0.717, 1.165) is 5.56 Å². The van der Waals surface area contributed by atoms with Gasteiger partial charge in [-0.3, -0.25) is 19.4 Å². The monoisotopic (exact) mass is 412 g/mol. The summed E-state index contributed by atoms with van der Waals surface area (Å²) in [5, 5.41) is 14.3. The lowest BCUT2D eigenvalue weighted by atomic mass is 10.2. The van der Waals surface area contributed by atoms with E-state index in [1.54, 1.807) is 18.6 Å². The van der Waals surface area contributed by atoms with Crippen LogP contribution in [0.5, 0.6) is 0 Å². The van der Waals surface area contributed by atoms with Gasteiger partial charge in [0.2, 0.25) is 0 Å². The second kappa shape index (κ2) is 8.99. The van der Waals surface area contributed by atoms with E-state index in [4.69, 9.17) is 9.47 Å². The molecule has 1 atom stereocenters. The van der Waals surface area contributed by atoms with Crippen molar-refractivity contribution in [3.8, 4) is 0 Å². The lowest BCUT2D eigenvalue weighted by Crippen LogP contribution is -2.39. The Labute approximate surface area is 167 Å². The number of ether oxygens (including phenoxy) is 2. The molecule has 2 aromatic heterocycles. The largest absolute Gasteiger partial charge is 0.383 e. The van der Waals surface area contributed by atoms with Crippen molar-refractivity contribution in [1.29, 1.82) is 0 Å². The molecule has 28 heavy (non-hydrogen) atoms. The number of aromatic nitrogens is 2. The minimum atomic E-state index is -1.26. The maximum absolute atomic E-state index is 12.8. The van der Waals surface area contributed by atoms with Crippen molar-refractivity contribution in [2.24, 2.45) is 5.10 Å². The number of rotatable bonds is 8. The quantitative estimate of drug-likeness (QED) is 0.383. The van der Waals surface area contributed by atoms with Gasteiger partial charge in [0.25, 0.3) is 12.0 Å². The first-order valence-corrected chi connectivity index (χ1v) is 9.82. The molecular weight excluding hydrogens is 384 g/mol. The molecule has 0 bridgehead atoms. The Balaban J connectivity index is 2.45. The minimum Gasteiger partial charge on any atom is -0.383 e. The molecule has 1 unspecified atom stereocenters. The fraction of sp³-hybridized carbons (Fsp3) is 0.611. The molecule has 0 fully saturated rings. The van der Waals surface area contributed by atoms with Crippen LogP contribution >= 0.6 is 11.3 Å². The van der Waals surface area contributed by atoms with Crippen LogP contribution < -0.4 is 16.7 Å². The zero-order chi connectivity index (χ0) is 21.1. The third-order valence-electron chi connectivity index (χ3n) is 4.00. The van der Waals surface area contributed by atoms with Gasteiger partial charge in [-0.25, -0.2) is 4.79 Å². The third kappa shape index (κ3) is 4.88. The molecule has 9 nitrogen and oxygen atoms in total. The summed E-state index contributed by atoms with van der Waals surface area (Å²) in [6.07, 6.45) is 0.249. The summed E-state index contributed by atoms with van der Waals surface area (Å²) in [5.74, 6) is 0. The van der Waals surface area contributed by atoms with Gasteiger partial charge in [0.15, 0.2) is 0 Å². The van der Waals surface area contributed by atoms with E-state index < -0.39 is 12.0 Å². The van der Waals surface area contributed by atoms with E-state index in [0.29, 0.717) is 28.2 Å². The number of hydrogen-bond acceptors (Lipinski definition) is 8. The van der Waals surface area contributed by atoms with E-state index >= 15 is 0 Å². The number of aryl methyl sites for hydroxylation is 1. The Morgan fingerprint density at radius 3 is 2.57 bits per heavy atom. The van der Waals surface area contributed by atoms with Gasteiger partial charge in [-0.2, -0.15) is 5.10 Å². The molecule has 2 heterocycles. The summed E-state index contributed by atoms with van der Waals surface area (Å²) in [6, 6.07) is 0. The van der Waals surface area contributed by atoms with Crippen molar-refractivity contribution >= 4 is 27.8 Å². The number of thiophene rings is 1. The zero-order valence-corrected chi connectivity index (χ0v) is 17.9. The van der Waals surface area contributed by atoms with Gasteiger partial charge in [-0.05, 0) is 40.2 Å². The van der Waals surface area contributed by atoms with Gasteiger partial charge in [0, 0.05) is 13.7 Å². The van der Waals surface area contributed by atoms with Gasteiger partial charge in [-0.1, -0.05) is 0 Å². The van der Waals surface area contributed by atoms with Crippen molar-refractivity contribution in [3.05, 3.63) is 31.3 Å². The first kappa shape index (κ1) is 22.3. The highest BCUT2D eigenvalue weighted by atomic mass is 32.1. The molecule has 0 aliphatic heterocycles. The maximum atomic E-state index is 12.8. The molecular formula is C18H28N4O5S. The van der Waals surface area contributed by atoms with E-state index in [1.807, 2.05) is 27.7 Å². The molecule has 0 saturated carbocycles. The van der Waals surface area contributed by atoms with Gasteiger partial charge >= 0.3 is 5.69 Å². The van der Waals surface area contributed by atoms with Crippen LogP contribution in [0.15, 0.2) is 14.7 Å². The lowest BCUT2D eigenvalue weighted by molar-refractivity contribution is -0.181. The SMILES string of the molecule is CCn1c(=O)c2c(C)c(/C=N/NC(O)OC(C)(C)C)sc2n(CCOC)c1=O. The van der Waals surface area contributed by atoms with Crippen LogP contribution in [0.4, 0.5) is 0 Å². The van der Waals surface area contributed by atoms with Crippen LogP contribution in [-0.4, -0.2) is 46.2 Å². The summed E-state index contributed by atoms with van der Waals surface area (Å²) in [5.41, 5.74) is 2.03. The summed E-state index contributed by atoms with van der Waals surface area (Å²) in [7, 11) is 1.56. The average Bonchev–Trinajstić information content (AvgIpc) is 2.90. The topological polar surface area (TPSA) is 107 Å². The molecule has 0 aliphatic carbocycles. The second-order valence-corrected chi connectivity index (χ2v) is 8.25. The van der Waals surface area contributed by atoms with E-state index in [2.05, 4.69) is 10.5 Å². The highest BCUT2D eigenvalue weighted by Gasteiger charge is 2.19. The van der Waals surface area contributed by atoms with Crippen molar-refractivity contribution in [2.75, 3.05) is 13.7 Å². The first-order valence-electron chi connectivity index (χ1n) is 9.00. The highest BCUT2D eigenvalue weighted by molar-refractivity contribution is 7.20. The number of hydrazone groups is 1. The Bertz CT molecular complexity index is 967. The van der Waals surface area contributed by atoms with Gasteiger partial charge in [0.05, 0.1) is 35.2 Å². The Kier molecular flexibility index (Phi) is 7.16. The molecule has 0 radical (unpaired) electrons. The number of fused-ring (bicyclic) bond motifs is 1. The van der Waals surface area contributed by atoms with Crippen LogP contribution in [0.2, 0.25) is 0 Å². The van der Waals surface area contributed by atoms with Crippen molar-refractivity contribution < 1.29 is 14.6 Å². The number of methoxy groups -OCH3 is 1.